The lowest BCUT2D eigenvalue weighted by atomic mass is 10.1. The summed E-state index contributed by atoms with van der Waals surface area (Å²) in [6.07, 6.45) is 8.06. The number of morpholine rings is 1. The fourth-order valence-corrected chi connectivity index (χ4v) is 4.85. The van der Waals surface area contributed by atoms with Gasteiger partial charge in [0.05, 0.1) is 24.4 Å². The first-order valence-corrected chi connectivity index (χ1v) is 13.4. The lowest BCUT2D eigenvalue weighted by Gasteiger charge is -2.35. The number of benzene rings is 2. The van der Waals surface area contributed by atoms with Crippen LogP contribution in [0.25, 0.3) is 22.6 Å². The molecule has 2 atom stereocenters. The molecule has 4 rings (SSSR count). The van der Waals surface area contributed by atoms with Crippen molar-refractivity contribution >= 4 is 5.97 Å². The Balaban J connectivity index is 1.11. The van der Waals surface area contributed by atoms with Crippen LogP contribution in [0.15, 0.2) is 59.1 Å². The van der Waals surface area contributed by atoms with Gasteiger partial charge in [0.25, 0.3) is 0 Å². The maximum atomic E-state index is 11.0. The molecule has 1 fully saturated rings. The van der Waals surface area contributed by atoms with E-state index in [0.29, 0.717) is 23.7 Å². The molecule has 2 unspecified atom stereocenters. The van der Waals surface area contributed by atoms with Crippen molar-refractivity contribution in [3.8, 4) is 28.3 Å². The van der Waals surface area contributed by atoms with Gasteiger partial charge in [-0.2, -0.15) is 0 Å². The standard InChI is InChI=1S/C30H38N2O5/c1-22-20-32(21-23(2)36-22)17-7-5-3-4-6-8-18-35-27-15-13-25(14-16-27)29-19-28(31-37-29)24-9-11-26(12-10-24)30(33)34/h9-16,19,22-23H,3-8,17-18,20-21H2,1-2H3,(H,33,34). The van der Waals surface area contributed by atoms with Crippen LogP contribution in [0.1, 0.15) is 62.7 Å². The van der Waals surface area contributed by atoms with Crippen LogP contribution in [-0.2, 0) is 4.74 Å². The van der Waals surface area contributed by atoms with Crippen molar-refractivity contribution in [3.63, 3.8) is 0 Å². The fourth-order valence-electron chi connectivity index (χ4n) is 4.85. The molecule has 2 heterocycles. The monoisotopic (exact) mass is 506 g/mol. The summed E-state index contributed by atoms with van der Waals surface area (Å²) in [5.41, 5.74) is 2.63. The van der Waals surface area contributed by atoms with E-state index < -0.39 is 5.97 Å². The van der Waals surface area contributed by atoms with Crippen LogP contribution in [0.5, 0.6) is 5.75 Å². The van der Waals surface area contributed by atoms with Crippen molar-refractivity contribution in [3.05, 3.63) is 60.2 Å². The van der Waals surface area contributed by atoms with Crippen molar-refractivity contribution in [2.24, 2.45) is 0 Å². The lowest BCUT2D eigenvalue weighted by molar-refractivity contribution is -0.0681. The third-order valence-electron chi connectivity index (χ3n) is 6.71. The summed E-state index contributed by atoms with van der Waals surface area (Å²) in [7, 11) is 0. The van der Waals surface area contributed by atoms with Gasteiger partial charge in [-0.25, -0.2) is 4.79 Å². The average molecular weight is 507 g/mol. The number of hydrogen-bond acceptors (Lipinski definition) is 6. The molecule has 198 valence electrons. The van der Waals surface area contributed by atoms with E-state index in [1.807, 2.05) is 30.3 Å². The number of carboxylic acids is 1. The van der Waals surface area contributed by atoms with Crippen LogP contribution in [0.2, 0.25) is 0 Å². The number of rotatable bonds is 13. The second kappa shape index (κ2) is 13.4. The lowest BCUT2D eigenvalue weighted by Crippen LogP contribution is -2.45. The molecule has 7 nitrogen and oxygen atoms in total. The van der Waals surface area contributed by atoms with E-state index >= 15 is 0 Å². The number of aromatic nitrogens is 1. The van der Waals surface area contributed by atoms with Crippen LogP contribution >= 0.6 is 0 Å². The summed E-state index contributed by atoms with van der Waals surface area (Å²) in [6, 6.07) is 16.3. The van der Waals surface area contributed by atoms with E-state index in [4.69, 9.17) is 19.1 Å². The Morgan fingerprint density at radius 1 is 0.919 bits per heavy atom. The van der Waals surface area contributed by atoms with Gasteiger partial charge in [0.15, 0.2) is 5.76 Å². The highest BCUT2D eigenvalue weighted by Crippen LogP contribution is 2.27. The second-order valence-electron chi connectivity index (χ2n) is 9.97. The molecule has 7 heteroatoms. The average Bonchev–Trinajstić information content (AvgIpc) is 3.38. The van der Waals surface area contributed by atoms with Crippen molar-refractivity contribution in [2.75, 3.05) is 26.2 Å². The summed E-state index contributed by atoms with van der Waals surface area (Å²) in [5.74, 6) is 0.553. The largest absolute Gasteiger partial charge is 0.494 e. The van der Waals surface area contributed by atoms with Crippen molar-refractivity contribution in [1.82, 2.24) is 10.1 Å². The van der Waals surface area contributed by atoms with Crippen LogP contribution in [-0.4, -0.2) is 59.6 Å². The Bertz CT molecular complexity index is 1100. The summed E-state index contributed by atoms with van der Waals surface area (Å²) in [5, 5.41) is 13.2. The summed E-state index contributed by atoms with van der Waals surface area (Å²) < 4.78 is 17.2. The predicted octanol–water partition coefficient (Wildman–Crippen LogP) is 6.54. The fraction of sp³-hybridized carbons (Fsp3) is 0.467. The molecule has 0 aliphatic carbocycles. The summed E-state index contributed by atoms with van der Waals surface area (Å²) in [4.78, 5) is 13.6. The number of hydrogen-bond donors (Lipinski definition) is 1. The van der Waals surface area contributed by atoms with E-state index in [0.717, 1.165) is 43.0 Å². The van der Waals surface area contributed by atoms with Crippen LogP contribution in [0.3, 0.4) is 0 Å². The Kier molecular flexibility index (Phi) is 9.74. The highest BCUT2D eigenvalue weighted by molar-refractivity contribution is 5.88. The van der Waals surface area contributed by atoms with Gasteiger partial charge in [0.2, 0.25) is 0 Å². The number of unbranched alkanes of at least 4 members (excludes halogenated alkanes) is 5. The smallest absolute Gasteiger partial charge is 0.335 e. The molecule has 0 amide bonds. The van der Waals surface area contributed by atoms with Gasteiger partial charge in [-0.05, 0) is 69.6 Å². The molecule has 2 aromatic carbocycles. The van der Waals surface area contributed by atoms with Gasteiger partial charge in [-0.1, -0.05) is 43.0 Å². The third kappa shape index (κ3) is 8.17. The molecular weight excluding hydrogens is 468 g/mol. The molecule has 0 spiro atoms. The van der Waals surface area contributed by atoms with E-state index in [2.05, 4.69) is 23.9 Å². The van der Waals surface area contributed by atoms with Crippen molar-refractivity contribution < 1.29 is 23.9 Å². The van der Waals surface area contributed by atoms with Crippen molar-refractivity contribution in [1.29, 1.82) is 0 Å². The predicted molar refractivity (Wildman–Crippen MR) is 144 cm³/mol. The molecule has 1 saturated heterocycles. The van der Waals surface area contributed by atoms with Gasteiger partial charge in [0, 0.05) is 30.3 Å². The molecule has 0 bridgehead atoms. The van der Waals surface area contributed by atoms with E-state index in [9.17, 15) is 4.79 Å². The highest BCUT2D eigenvalue weighted by Gasteiger charge is 2.21. The van der Waals surface area contributed by atoms with E-state index in [1.54, 1.807) is 24.3 Å². The topological polar surface area (TPSA) is 85.0 Å². The Morgan fingerprint density at radius 3 is 2.22 bits per heavy atom. The first kappa shape index (κ1) is 26.9. The maximum absolute atomic E-state index is 11.0. The van der Waals surface area contributed by atoms with E-state index in [1.165, 1.54) is 38.6 Å². The quantitative estimate of drug-likeness (QED) is 0.264. The van der Waals surface area contributed by atoms with Crippen LogP contribution < -0.4 is 4.74 Å². The molecule has 1 N–H and O–H groups in total. The Hall–Kier alpha value is -3.16. The first-order chi connectivity index (χ1) is 18.0. The number of carboxylic acid groups (broad SMARTS) is 1. The second-order valence-corrected chi connectivity index (χ2v) is 9.97. The Morgan fingerprint density at radius 2 is 1.54 bits per heavy atom. The zero-order valence-corrected chi connectivity index (χ0v) is 21.9. The molecule has 0 saturated carbocycles. The first-order valence-electron chi connectivity index (χ1n) is 13.4. The van der Waals surface area contributed by atoms with Gasteiger partial charge < -0.3 is 19.1 Å². The number of ether oxygens (including phenoxy) is 2. The molecule has 1 aliphatic rings. The highest BCUT2D eigenvalue weighted by atomic mass is 16.5. The molecule has 0 radical (unpaired) electrons. The molecule has 1 aliphatic heterocycles. The summed E-state index contributed by atoms with van der Waals surface area (Å²) in [6.45, 7) is 8.37. The van der Waals surface area contributed by atoms with Gasteiger partial charge >= 0.3 is 5.97 Å². The van der Waals surface area contributed by atoms with Gasteiger partial charge in [-0.3, -0.25) is 4.90 Å². The van der Waals surface area contributed by atoms with Gasteiger partial charge in [0.1, 0.15) is 11.4 Å². The van der Waals surface area contributed by atoms with E-state index in [-0.39, 0.29) is 5.56 Å². The Labute approximate surface area is 219 Å². The molecule has 37 heavy (non-hydrogen) atoms. The van der Waals surface area contributed by atoms with Crippen molar-refractivity contribution in [2.45, 2.75) is 64.6 Å². The van der Waals surface area contributed by atoms with Crippen LogP contribution in [0.4, 0.5) is 0 Å². The summed E-state index contributed by atoms with van der Waals surface area (Å²) >= 11 is 0. The zero-order valence-electron chi connectivity index (χ0n) is 21.9. The maximum Gasteiger partial charge on any atom is 0.335 e. The minimum atomic E-state index is -0.950. The number of nitrogens with zero attached hydrogens (tertiary/aromatic N) is 2. The molecule has 3 aromatic rings. The minimum Gasteiger partial charge on any atom is -0.494 e. The zero-order chi connectivity index (χ0) is 26.0. The minimum absolute atomic E-state index is 0.243. The normalized spacial score (nSPS) is 18.1. The molecular formula is C30H38N2O5. The number of aromatic carboxylic acids is 1. The molecule has 1 aromatic heterocycles. The van der Waals surface area contributed by atoms with Gasteiger partial charge in [-0.15, -0.1) is 0 Å². The van der Waals surface area contributed by atoms with Crippen LogP contribution in [0, 0.1) is 0 Å². The number of carbonyl (C=O) groups is 1. The third-order valence-corrected chi connectivity index (χ3v) is 6.71. The SMILES string of the molecule is CC1CN(CCCCCCCCOc2ccc(-c3cc(-c4ccc(C(=O)O)cc4)no3)cc2)CC(C)O1.